The molecule has 3 rings (SSSR count). The molecule has 0 saturated carbocycles. The van der Waals surface area contributed by atoms with Gasteiger partial charge in [-0.1, -0.05) is 19.9 Å². The molecule has 8 heteroatoms. The van der Waals surface area contributed by atoms with Crippen LogP contribution in [0.4, 0.5) is 0 Å². The summed E-state index contributed by atoms with van der Waals surface area (Å²) in [5, 5.41) is 3.26. The minimum atomic E-state index is 0. The number of nitrogens with two attached hydrogens (primary N) is 1. The molecule has 3 N–H and O–H groups in total. The predicted octanol–water partition coefficient (Wildman–Crippen LogP) is 4.17. The summed E-state index contributed by atoms with van der Waals surface area (Å²) in [5.41, 5.74) is 6.97. The van der Waals surface area contributed by atoms with Gasteiger partial charge in [0.05, 0.1) is 13.2 Å². The maximum atomic E-state index is 6.09. The van der Waals surface area contributed by atoms with Gasteiger partial charge in [0.1, 0.15) is 11.5 Å². The molecule has 1 fully saturated rings. The first-order chi connectivity index (χ1) is 14.7. The molecule has 170 valence electrons. The van der Waals surface area contributed by atoms with Crippen LogP contribution in [0.1, 0.15) is 38.7 Å². The standard InChI is InChI=1S/C23H33N5O2.HI/c1-3-15-29-20-9-11-21(12-10-20)30-22-18(7-5-13-25-22)16-26-23(24)27-17-19-8-6-14-28(19)4-2;/h5,7,9-13,19H,3-4,6,8,14-17H2,1-2H3,(H3,24,26,27);1H. The Bertz CT molecular complexity index is 816. The predicted molar refractivity (Wildman–Crippen MR) is 136 cm³/mol. The summed E-state index contributed by atoms with van der Waals surface area (Å²) >= 11 is 0. The lowest BCUT2D eigenvalue weighted by Gasteiger charge is -2.23. The van der Waals surface area contributed by atoms with E-state index in [9.17, 15) is 0 Å². The first-order valence-electron chi connectivity index (χ1n) is 10.8. The molecule has 2 heterocycles. The quantitative estimate of drug-likeness (QED) is 0.268. The smallest absolute Gasteiger partial charge is 0.224 e. The fourth-order valence-electron chi connectivity index (χ4n) is 3.56. The van der Waals surface area contributed by atoms with E-state index in [0.717, 1.165) is 30.8 Å². The molecule has 1 saturated heterocycles. The fraction of sp³-hybridized carbons (Fsp3) is 0.478. The number of likely N-dealkylation sites (N-methyl/N-ethyl adjacent to an activating group) is 1. The van der Waals surface area contributed by atoms with Gasteiger partial charge in [-0.15, -0.1) is 24.0 Å². The van der Waals surface area contributed by atoms with Crippen LogP contribution in [0, 0.1) is 0 Å². The van der Waals surface area contributed by atoms with Crippen molar-refractivity contribution in [3.8, 4) is 17.4 Å². The fourth-order valence-corrected chi connectivity index (χ4v) is 3.56. The van der Waals surface area contributed by atoms with E-state index >= 15 is 0 Å². The average Bonchev–Trinajstić information content (AvgIpc) is 3.24. The van der Waals surface area contributed by atoms with Crippen LogP contribution >= 0.6 is 24.0 Å². The van der Waals surface area contributed by atoms with Gasteiger partial charge in [-0.05, 0) is 62.7 Å². The number of likely N-dealkylation sites (tertiary alicyclic amines) is 1. The summed E-state index contributed by atoms with van der Waals surface area (Å²) in [6.45, 7) is 8.46. The third kappa shape index (κ3) is 7.84. The zero-order chi connectivity index (χ0) is 21.2. The number of nitrogens with one attached hydrogen (secondary N) is 1. The Kier molecular flexibility index (Phi) is 10.9. The van der Waals surface area contributed by atoms with E-state index in [0.29, 0.717) is 36.8 Å². The number of nitrogens with zero attached hydrogens (tertiary/aromatic N) is 3. The molecule has 1 aliphatic rings. The Morgan fingerprint density at radius 2 is 2.00 bits per heavy atom. The second kappa shape index (κ2) is 13.4. The lowest BCUT2D eigenvalue weighted by atomic mass is 10.2. The van der Waals surface area contributed by atoms with Crippen molar-refractivity contribution in [1.82, 2.24) is 15.2 Å². The number of aromatic nitrogens is 1. The normalized spacial score (nSPS) is 16.6. The highest BCUT2D eigenvalue weighted by atomic mass is 127. The second-order valence-corrected chi connectivity index (χ2v) is 7.40. The molecule has 1 aromatic heterocycles. The van der Waals surface area contributed by atoms with Gasteiger partial charge in [0.25, 0.3) is 0 Å². The highest BCUT2D eigenvalue weighted by molar-refractivity contribution is 14.0. The highest BCUT2D eigenvalue weighted by Gasteiger charge is 2.22. The molecule has 1 aromatic carbocycles. The zero-order valence-electron chi connectivity index (χ0n) is 18.4. The first-order valence-corrected chi connectivity index (χ1v) is 10.8. The molecule has 0 amide bonds. The molecule has 0 spiro atoms. The van der Waals surface area contributed by atoms with Gasteiger partial charge in [0.2, 0.25) is 5.88 Å². The Hall–Kier alpha value is -2.07. The average molecular weight is 539 g/mol. The van der Waals surface area contributed by atoms with Gasteiger partial charge < -0.3 is 20.5 Å². The van der Waals surface area contributed by atoms with Crippen LogP contribution in [0.25, 0.3) is 0 Å². The molecule has 1 aliphatic heterocycles. The van der Waals surface area contributed by atoms with Crippen molar-refractivity contribution in [3.05, 3.63) is 48.2 Å². The van der Waals surface area contributed by atoms with Crippen LogP contribution in [0.3, 0.4) is 0 Å². The number of guanidine groups is 1. The lowest BCUT2D eigenvalue weighted by molar-refractivity contribution is 0.267. The van der Waals surface area contributed by atoms with Crippen molar-refractivity contribution in [2.75, 3.05) is 26.2 Å². The van der Waals surface area contributed by atoms with Gasteiger partial charge in [-0.3, -0.25) is 4.90 Å². The Morgan fingerprint density at radius 1 is 1.23 bits per heavy atom. The Balaban J connectivity index is 0.00000341. The number of hydrogen-bond acceptors (Lipinski definition) is 5. The molecular weight excluding hydrogens is 505 g/mol. The van der Waals surface area contributed by atoms with Crippen LogP contribution in [0.15, 0.2) is 47.6 Å². The van der Waals surface area contributed by atoms with Crippen molar-refractivity contribution in [1.29, 1.82) is 0 Å². The van der Waals surface area contributed by atoms with E-state index < -0.39 is 0 Å². The van der Waals surface area contributed by atoms with Gasteiger partial charge in [-0.25, -0.2) is 9.98 Å². The molecule has 31 heavy (non-hydrogen) atoms. The summed E-state index contributed by atoms with van der Waals surface area (Å²) < 4.78 is 11.6. The van der Waals surface area contributed by atoms with E-state index in [4.69, 9.17) is 15.2 Å². The highest BCUT2D eigenvalue weighted by Crippen LogP contribution is 2.25. The minimum Gasteiger partial charge on any atom is -0.494 e. The number of aliphatic imine (C=N–C) groups is 1. The molecule has 0 radical (unpaired) electrons. The first kappa shape index (κ1) is 25.2. The maximum Gasteiger partial charge on any atom is 0.224 e. The van der Waals surface area contributed by atoms with Crippen LogP contribution in [-0.4, -0.2) is 48.1 Å². The van der Waals surface area contributed by atoms with E-state index in [1.165, 1.54) is 19.4 Å². The molecule has 2 aromatic rings. The minimum absolute atomic E-state index is 0. The largest absolute Gasteiger partial charge is 0.494 e. The molecule has 0 bridgehead atoms. The van der Waals surface area contributed by atoms with Crippen molar-refractivity contribution < 1.29 is 9.47 Å². The van der Waals surface area contributed by atoms with Crippen LogP contribution in [-0.2, 0) is 6.54 Å². The summed E-state index contributed by atoms with van der Waals surface area (Å²) in [7, 11) is 0. The molecule has 0 aliphatic carbocycles. The van der Waals surface area contributed by atoms with E-state index in [1.807, 2.05) is 36.4 Å². The maximum absolute atomic E-state index is 6.09. The number of benzene rings is 1. The Labute approximate surface area is 202 Å². The zero-order valence-corrected chi connectivity index (χ0v) is 20.7. The molecular formula is C23H34IN5O2. The topological polar surface area (TPSA) is 85.0 Å². The second-order valence-electron chi connectivity index (χ2n) is 7.40. The molecule has 1 unspecified atom stereocenters. The molecule has 7 nitrogen and oxygen atoms in total. The van der Waals surface area contributed by atoms with Crippen LogP contribution in [0.2, 0.25) is 0 Å². The Morgan fingerprint density at radius 3 is 2.74 bits per heavy atom. The summed E-state index contributed by atoms with van der Waals surface area (Å²) in [5.74, 6) is 2.52. The summed E-state index contributed by atoms with van der Waals surface area (Å²) in [6.07, 6.45) is 5.14. The number of pyridine rings is 1. The number of rotatable bonds is 10. The number of ether oxygens (including phenoxy) is 2. The third-order valence-corrected chi connectivity index (χ3v) is 5.20. The van der Waals surface area contributed by atoms with Gasteiger partial charge in [0.15, 0.2) is 5.96 Å². The van der Waals surface area contributed by atoms with Crippen LogP contribution in [0.5, 0.6) is 17.4 Å². The lowest BCUT2D eigenvalue weighted by Crippen LogP contribution is -2.42. The van der Waals surface area contributed by atoms with E-state index in [2.05, 4.69) is 34.0 Å². The SMILES string of the molecule is CCCOc1ccc(Oc2ncccc2CN=C(N)NCC2CCCN2CC)cc1.I. The van der Waals surface area contributed by atoms with E-state index in [-0.39, 0.29) is 24.0 Å². The van der Waals surface area contributed by atoms with Gasteiger partial charge in [-0.2, -0.15) is 0 Å². The monoisotopic (exact) mass is 539 g/mol. The van der Waals surface area contributed by atoms with Crippen LogP contribution < -0.4 is 20.5 Å². The third-order valence-electron chi connectivity index (χ3n) is 5.20. The van der Waals surface area contributed by atoms with Crippen molar-refractivity contribution >= 4 is 29.9 Å². The van der Waals surface area contributed by atoms with Crippen molar-refractivity contribution in [2.24, 2.45) is 10.7 Å². The van der Waals surface area contributed by atoms with Crippen molar-refractivity contribution in [2.45, 2.75) is 45.7 Å². The number of halogens is 1. The summed E-state index contributed by atoms with van der Waals surface area (Å²) in [4.78, 5) is 11.3. The van der Waals surface area contributed by atoms with Gasteiger partial charge >= 0.3 is 0 Å². The molecule has 1 atom stereocenters. The van der Waals surface area contributed by atoms with E-state index in [1.54, 1.807) is 6.20 Å². The summed E-state index contributed by atoms with van der Waals surface area (Å²) in [6, 6.07) is 11.9. The van der Waals surface area contributed by atoms with Crippen molar-refractivity contribution in [3.63, 3.8) is 0 Å². The van der Waals surface area contributed by atoms with Gasteiger partial charge in [0, 0.05) is 24.3 Å². The number of hydrogen-bond donors (Lipinski definition) is 2.